The lowest BCUT2D eigenvalue weighted by Gasteiger charge is -2.26. The molecule has 0 fully saturated rings. The van der Waals surface area contributed by atoms with E-state index in [1.807, 2.05) is 6.07 Å². The van der Waals surface area contributed by atoms with Gasteiger partial charge in [-0.3, -0.25) is 0 Å². The summed E-state index contributed by atoms with van der Waals surface area (Å²) in [5.74, 6) is 0.977. The van der Waals surface area contributed by atoms with E-state index >= 15 is 0 Å². The van der Waals surface area contributed by atoms with E-state index in [0.29, 0.717) is 12.6 Å². The lowest BCUT2D eigenvalue weighted by atomic mass is 9.98. The molecule has 0 amide bonds. The number of ether oxygens (including phenoxy) is 2. The Hall–Kier alpha value is -1.22. The van der Waals surface area contributed by atoms with Crippen molar-refractivity contribution in [2.45, 2.75) is 32.2 Å². The lowest BCUT2D eigenvalue weighted by Crippen LogP contribution is -2.22. The van der Waals surface area contributed by atoms with Crippen molar-refractivity contribution in [2.75, 3.05) is 25.6 Å². The largest absolute Gasteiger partial charge is 0.491 e. The van der Waals surface area contributed by atoms with Gasteiger partial charge in [-0.05, 0) is 31.4 Å². The van der Waals surface area contributed by atoms with Gasteiger partial charge in [-0.25, -0.2) is 0 Å². The van der Waals surface area contributed by atoms with E-state index in [-0.39, 0.29) is 0 Å². The fourth-order valence-corrected chi connectivity index (χ4v) is 2.14. The number of rotatable bonds is 5. The van der Waals surface area contributed by atoms with Gasteiger partial charge in [-0.15, -0.1) is 0 Å². The number of nitrogens with one attached hydrogen (secondary N) is 1. The number of fused-ring (bicyclic) bond motifs is 1. The average Bonchev–Trinajstić information content (AvgIpc) is 2.35. The third-order valence-electron chi connectivity index (χ3n) is 3.10. The number of benzene rings is 1. The SMILES string of the molecule is COCCCOc1cccc2c1NC(C)CC2. The summed E-state index contributed by atoms with van der Waals surface area (Å²) >= 11 is 0. The van der Waals surface area contributed by atoms with Crippen LogP contribution in [-0.2, 0) is 11.2 Å². The molecule has 0 saturated carbocycles. The van der Waals surface area contributed by atoms with Crippen molar-refractivity contribution >= 4 is 5.69 Å². The Labute approximate surface area is 103 Å². The highest BCUT2D eigenvalue weighted by Crippen LogP contribution is 2.33. The van der Waals surface area contributed by atoms with Crippen LogP contribution in [0.3, 0.4) is 0 Å². The molecule has 94 valence electrons. The Morgan fingerprint density at radius 3 is 3.06 bits per heavy atom. The number of para-hydroxylation sites is 1. The van der Waals surface area contributed by atoms with Crippen molar-refractivity contribution in [3.63, 3.8) is 0 Å². The highest BCUT2D eigenvalue weighted by atomic mass is 16.5. The Bertz CT molecular complexity index is 365. The van der Waals surface area contributed by atoms with E-state index in [2.05, 4.69) is 24.4 Å². The van der Waals surface area contributed by atoms with Crippen LogP contribution >= 0.6 is 0 Å². The van der Waals surface area contributed by atoms with Gasteiger partial charge in [0.15, 0.2) is 0 Å². The highest BCUT2D eigenvalue weighted by Gasteiger charge is 2.17. The molecule has 1 heterocycles. The summed E-state index contributed by atoms with van der Waals surface area (Å²) < 4.78 is 10.8. The van der Waals surface area contributed by atoms with E-state index in [4.69, 9.17) is 9.47 Å². The standard InChI is InChI=1S/C14H21NO2/c1-11-7-8-12-5-3-6-13(14(12)15-11)17-10-4-9-16-2/h3,5-6,11,15H,4,7-10H2,1-2H3. The quantitative estimate of drug-likeness (QED) is 0.796. The lowest BCUT2D eigenvalue weighted by molar-refractivity contribution is 0.172. The Morgan fingerprint density at radius 2 is 2.24 bits per heavy atom. The minimum atomic E-state index is 0.534. The maximum atomic E-state index is 5.81. The van der Waals surface area contributed by atoms with Crippen molar-refractivity contribution in [3.8, 4) is 5.75 Å². The molecule has 2 rings (SSSR count). The van der Waals surface area contributed by atoms with Gasteiger partial charge in [0, 0.05) is 26.2 Å². The molecule has 17 heavy (non-hydrogen) atoms. The van der Waals surface area contributed by atoms with E-state index < -0.39 is 0 Å². The van der Waals surface area contributed by atoms with E-state index in [1.54, 1.807) is 7.11 Å². The number of hydrogen-bond acceptors (Lipinski definition) is 3. The fraction of sp³-hybridized carbons (Fsp3) is 0.571. The molecule has 3 heteroatoms. The molecule has 0 radical (unpaired) electrons. The van der Waals surface area contributed by atoms with Crippen molar-refractivity contribution in [2.24, 2.45) is 0 Å². The van der Waals surface area contributed by atoms with Crippen LogP contribution in [0.5, 0.6) is 5.75 Å². The second kappa shape index (κ2) is 5.92. The van der Waals surface area contributed by atoms with Crippen LogP contribution in [0.2, 0.25) is 0 Å². The molecule has 0 saturated heterocycles. The molecule has 0 aromatic heterocycles. The Balaban J connectivity index is 2.01. The molecule has 1 aromatic rings. The zero-order valence-corrected chi connectivity index (χ0v) is 10.7. The van der Waals surface area contributed by atoms with Crippen LogP contribution in [-0.4, -0.2) is 26.4 Å². The first-order chi connectivity index (χ1) is 8.31. The summed E-state index contributed by atoms with van der Waals surface area (Å²) in [6.45, 7) is 3.67. The van der Waals surface area contributed by atoms with Crippen molar-refractivity contribution in [1.82, 2.24) is 0 Å². The van der Waals surface area contributed by atoms with Gasteiger partial charge in [0.2, 0.25) is 0 Å². The van der Waals surface area contributed by atoms with Crippen LogP contribution in [0.1, 0.15) is 25.3 Å². The second-order valence-corrected chi connectivity index (χ2v) is 4.57. The molecule has 0 spiro atoms. The Kier molecular flexibility index (Phi) is 4.26. The molecule has 0 aliphatic carbocycles. The normalized spacial score (nSPS) is 18.4. The predicted octanol–water partition coefficient (Wildman–Crippen LogP) is 2.85. The van der Waals surface area contributed by atoms with Gasteiger partial charge in [-0.1, -0.05) is 12.1 Å². The maximum Gasteiger partial charge on any atom is 0.142 e. The van der Waals surface area contributed by atoms with Gasteiger partial charge in [0.25, 0.3) is 0 Å². The molecule has 0 bridgehead atoms. The summed E-state index contributed by atoms with van der Waals surface area (Å²) in [5, 5.41) is 3.51. The van der Waals surface area contributed by atoms with E-state index in [1.165, 1.54) is 17.7 Å². The third kappa shape index (κ3) is 3.13. The van der Waals surface area contributed by atoms with Crippen LogP contribution < -0.4 is 10.1 Å². The van der Waals surface area contributed by atoms with Crippen LogP contribution in [0, 0.1) is 0 Å². The molecule has 1 aliphatic rings. The van der Waals surface area contributed by atoms with Gasteiger partial charge >= 0.3 is 0 Å². The molecule has 1 N–H and O–H groups in total. The van der Waals surface area contributed by atoms with Gasteiger partial charge < -0.3 is 14.8 Å². The molecule has 1 atom stereocenters. The van der Waals surface area contributed by atoms with Gasteiger partial charge in [0.05, 0.1) is 12.3 Å². The number of methoxy groups -OCH3 is 1. The summed E-state index contributed by atoms with van der Waals surface area (Å²) in [6.07, 6.45) is 3.26. The number of hydrogen-bond donors (Lipinski definition) is 1. The first kappa shape index (κ1) is 12.2. The first-order valence-electron chi connectivity index (χ1n) is 6.31. The zero-order chi connectivity index (χ0) is 12.1. The molecule has 1 aliphatic heterocycles. The smallest absolute Gasteiger partial charge is 0.142 e. The van der Waals surface area contributed by atoms with E-state index in [9.17, 15) is 0 Å². The van der Waals surface area contributed by atoms with Crippen LogP contribution in [0.4, 0.5) is 5.69 Å². The molecule has 1 aromatic carbocycles. The minimum Gasteiger partial charge on any atom is -0.491 e. The second-order valence-electron chi connectivity index (χ2n) is 4.57. The summed E-state index contributed by atoms with van der Waals surface area (Å²) in [5.41, 5.74) is 2.55. The summed E-state index contributed by atoms with van der Waals surface area (Å²) in [6, 6.07) is 6.82. The molecular weight excluding hydrogens is 214 g/mol. The summed E-state index contributed by atoms with van der Waals surface area (Å²) in [7, 11) is 1.72. The minimum absolute atomic E-state index is 0.534. The molecular formula is C14H21NO2. The summed E-state index contributed by atoms with van der Waals surface area (Å²) in [4.78, 5) is 0. The monoisotopic (exact) mass is 235 g/mol. The molecule has 1 unspecified atom stereocenters. The first-order valence-corrected chi connectivity index (χ1v) is 6.31. The average molecular weight is 235 g/mol. The topological polar surface area (TPSA) is 30.5 Å². The van der Waals surface area contributed by atoms with Gasteiger partial charge in [-0.2, -0.15) is 0 Å². The van der Waals surface area contributed by atoms with Crippen molar-refractivity contribution in [1.29, 1.82) is 0 Å². The van der Waals surface area contributed by atoms with Crippen LogP contribution in [0.15, 0.2) is 18.2 Å². The zero-order valence-electron chi connectivity index (χ0n) is 10.7. The highest BCUT2D eigenvalue weighted by molar-refractivity contribution is 5.63. The molecule has 3 nitrogen and oxygen atoms in total. The predicted molar refractivity (Wildman–Crippen MR) is 69.8 cm³/mol. The van der Waals surface area contributed by atoms with E-state index in [0.717, 1.165) is 25.2 Å². The van der Waals surface area contributed by atoms with Crippen molar-refractivity contribution in [3.05, 3.63) is 23.8 Å². The van der Waals surface area contributed by atoms with Crippen molar-refractivity contribution < 1.29 is 9.47 Å². The number of aryl methyl sites for hydroxylation is 1. The van der Waals surface area contributed by atoms with Crippen LogP contribution in [0.25, 0.3) is 0 Å². The Morgan fingerprint density at radius 1 is 1.35 bits per heavy atom. The van der Waals surface area contributed by atoms with Gasteiger partial charge in [0.1, 0.15) is 5.75 Å². The fourth-order valence-electron chi connectivity index (χ4n) is 2.14. The third-order valence-corrected chi connectivity index (χ3v) is 3.10. The maximum absolute atomic E-state index is 5.81. The number of anilines is 1.